The fourth-order valence-electron chi connectivity index (χ4n) is 2.31. The number of aldehydes is 1. The molecule has 0 aromatic heterocycles. The van der Waals surface area contributed by atoms with Gasteiger partial charge in [0.05, 0.1) is 0 Å². The molecule has 0 amide bonds. The van der Waals surface area contributed by atoms with Crippen LogP contribution in [0, 0.1) is 0 Å². The van der Waals surface area contributed by atoms with Crippen LogP contribution in [-0.2, 0) is 0 Å². The Kier molecular flexibility index (Phi) is 23.3. The van der Waals surface area contributed by atoms with E-state index in [1.165, 1.54) is 32.9 Å². The second-order valence-electron chi connectivity index (χ2n) is 5.79. The molecule has 0 saturated carbocycles. The zero-order chi connectivity index (χ0) is 21.8. The number of Topliss-reactive ketones (excluding diaryl/α,β-unsaturated/α-hetero) is 1. The average Bonchev–Trinajstić information content (AvgIpc) is 2.73. The van der Waals surface area contributed by atoms with Crippen LogP contribution in [0.3, 0.4) is 0 Å². The van der Waals surface area contributed by atoms with E-state index in [1.54, 1.807) is 24.3 Å². The summed E-state index contributed by atoms with van der Waals surface area (Å²) in [6.45, 7) is 16.0. The van der Waals surface area contributed by atoms with Gasteiger partial charge in [0, 0.05) is 17.2 Å². The summed E-state index contributed by atoms with van der Waals surface area (Å²) in [5.41, 5.74) is 1.23. The zero-order valence-corrected chi connectivity index (χ0v) is 19.5. The summed E-state index contributed by atoms with van der Waals surface area (Å²) in [7, 11) is 6.55. The molecule has 158 valence electrons. The molecule has 2 rings (SSSR count). The van der Waals surface area contributed by atoms with Gasteiger partial charge in [0.1, 0.15) is 6.29 Å². The first-order chi connectivity index (χ1) is 12.9. The molecule has 1 aliphatic heterocycles. The Morgan fingerprint density at radius 1 is 0.963 bits per heavy atom. The van der Waals surface area contributed by atoms with Gasteiger partial charge in [-0.05, 0) is 54.0 Å². The van der Waals surface area contributed by atoms with E-state index in [-0.39, 0.29) is 5.78 Å². The average molecular weight is 381 g/mol. The van der Waals surface area contributed by atoms with Crippen molar-refractivity contribution in [1.82, 2.24) is 9.80 Å². The largest absolute Gasteiger partial charge is 0.306 e. The maximum Gasteiger partial charge on any atom is 0.159 e. The van der Waals surface area contributed by atoms with E-state index in [9.17, 15) is 9.59 Å². The highest BCUT2D eigenvalue weighted by molar-refractivity contribution is 5.94. The molecule has 1 saturated heterocycles. The predicted octanol–water partition coefficient (Wildman–Crippen LogP) is 5.42. The van der Waals surface area contributed by atoms with Gasteiger partial charge >= 0.3 is 0 Å². The molecule has 1 aliphatic rings. The van der Waals surface area contributed by atoms with Gasteiger partial charge in [-0.2, -0.15) is 0 Å². The van der Waals surface area contributed by atoms with Crippen LogP contribution in [0.1, 0.15) is 82.0 Å². The van der Waals surface area contributed by atoms with Crippen molar-refractivity contribution >= 4 is 12.1 Å². The highest BCUT2D eigenvalue weighted by Gasteiger charge is 2.17. The molecule has 4 heteroatoms. The van der Waals surface area contributed by atoms with Crippen molar-refractivity contribution in [2.24, 2.45) is 0 Å². The van der Waals surface area contributed by atoms with Gasteiger partial charge in [-0.1, -0.05) is 65.8 Å². The first-order valence-corrected chi connectivity index (χ1v) is 10.3. The third kappa shape index (κ3) is 15.3. The Balaban J connectivity index is -0.000000335. The molecule has 0 unspecified atom stereocenters. The van der Waals surface area contributed by atoms with Crippen LogP contribution in [0.4, 0.5) is 0 Å². The van der Waals surface area contributed by atoms with Crippen LogP contribution >= 0.6 is 0 Å². The van der Waals surface area contributed by atoms with Crippen molar-refractivity contribution in [3.05, 3.63) is 35.4 Å². The van der Waals surface area contributed by atoms with Gasteiger partial charge in [-0.15, -0.1) is 0 Å². The van der Waals surface area contributed by atoms with Gasteiger partial charge in [0.2, 0.25) is 0 Å². The zero-order valence-electron chi connectivity index (χ0n) is 19.5. The number of likely N-dealkylation sites (tertiary alicyclic amines) is 1. The predicted molar refractivity (Wildman–Crippen MR) is 120 cm³/mol. The minimum Gasteiger partial charge on any atom is -0.306 e. The van der Waals surface area contributed by atoms with Crippen LogP contribution in [0.15, 0.2) is 24.3 Å². The second-order valence-corrected chi connectivity index (χ2v) is 5.79. The maximum atomic E-state index is 10.8. The van der Waals surface area contributed by atoms with E-state index in [1.807, 2.05) is 41.5 Å². The molecule has 1 heterocycles. The molecule has 27 heavy (non-hydrogen) atoms. The minimum atomic E-state index is 0.0162. The number of nitrogens with zero attached hydrogens (tertiary/aromatic N) is 2. The highest BCUT2D eigenvalue weighted by atomic mass is 16.1. The molecule has 0 bridgehead atoms. The van der Waals surface area contributed by atoms with E-state index < -0.39 is 0 Å². The summed E-state index contributed by atoms with van der Waals surface area (Å²) in [4.78, 5) is 25.7. The van der Waals surface area contributed by atoms with Crippen molar-refractivity contribution in [3.8, 4) is 0 Å². The van der Waals surface area contributed by atoms with E-state index >= 15 is 0 Å². The fourth-order valence-corrected chi connectivity index (χ4v) is 2.31. The van der Waals surface area contributed by atoms with Crippen LogP contribution in [-0.4, -0.2) is 62.1 Å². The van der Waals surface area contributed by atoms with Gasteiger partial charge in [-0.25, -0.2) is 0 Å². The molecule has 0 radical (unpaired) electrons. The van der Waals surface area contributed by atoms with E-state index in [0.29, 0.717) is 11.1 Å². The van der Waals surface area contributed by atoms with Gasteiger partial charge < -0.3 is 9.80 Å². The summed E-state index contributed by atoms with van der Waals surface area (Å²) in [6, 6.07) is 7.38. The van der Waals surface area contributed by atoms with Crippen molar-refractivity contribution in [1.29, 1.82) is 0 Å². The summed E-state index contributed by atoms with van der Waals surface area (Å²) in [6.07, 6.45) is 3.43. The third-order valence-corrected chi connectivity index (χ3v) is 3.87. The SMILES string of the molecule is CC.CC.CC.CC(=O)c1ccc(C=O)cc1.CN1CCC(N(C)C)CC1. The number of carbonyl (C=O) groups is 2. The summed E-state index contributed by atoms with van der Waals surface area (Å²) in [5.74, 6) is 0.0162. The number of piperidine rings is 1. The molecule has 0 atom stereocenters. The van der Waals surface area contributed by atoms with Crippen molar-refractivity contribution in [2.45, 2.75) is 67.3 Å². The number of ketones is 1. The molecule has 1 aromatic rings. The van der Waals surface area contributed by atoms with Gasteiger partial charge in [0.25, 0.3) is 0 Å². The number of benzene rings is 1. The van der Waals surface area contributed by atoms with Crippen molar-refractivity contribution in [3.63, 3.8) is 0 Å². The van der Waals surface area contributed by atoms with Crippen molar-refractivity contribution in [2.75, 3.05) is 34.2 Å². The third-order valence-electron chi connectivity index (χ3n) is 3.87. The molecule has 1 fully saturated rings. The van der Waals surface area contributed by atoms with Crippen molar-refractivity contribution < 1.29 is 9.59 Å². The topological polar surface area (TPSA) is 40.6 Å². The molecular weight excluding hydrogens is 336 g/mol. The standard InChI is InChI=1S/C9H8O2.C8H18N2.3C2H6/c1-7(11)9-4-2-8(6-10)3-5-9;1-9(2)8-4-6-10(3)7-5-8;3*1-2/h2-6H,1H3;8H,4-7H2,1-3H3;3*1-2H3. The molecule has 0 N–H and O–H groups in total. The summed E-state index contributed by atoms with van der Waals surface area (Å²) >= 11 is 0. The molecule has 1 aromatic carbocycles. The second kappa shape index (κ2) is 20.8. The Morgan fingerprint density at radius 2 is 1.37 bits per heavy atom. The van der Waals surface area contributed by atoms with E-state index in [4.69, 9.17) is 0 Å². The molecular formula is C23H44N2O2. The van der Waals surface area contributed by atoms with E-state index in [2.05, 4.69) is 30.9 Å². The van der Waals surface area contributed by atoms with Crippen LogP contribution in [0.2, 0.25) is 0 Å². The number of hydrogen-bond acceptors (Lipinski definition) is 4. The Hall–Kier alpha value is -1.52. The minimum absolute atomic E-state index is 0.0162. The molecule has 4 nitrogen and oxygen atoms in total. The first-order valence-electron chi connectivity index (χ1n) is 10.3. The molecule has 0 spiro atoms. The Bertz CT molecular complexity index is 448. The number of rotatable bonds is 3. The van der Waals surface area contributed by atoms with E-state index in [0.717, 1.165) is 12.3 Å². The monoisotopic (exact) mass is 380 g/mol. The van der Waals surface area contributed by atoms with Gasteiger partial charge in [0.15, 0.2) is 5.78 Å². The number of carbonyl (C=O) groups excluding carboxylic acids is 2. The molecule has 0 aliphatic carbocycles. The highest BCUT2D eigenvalue weighted by Crippen LogP contribution is 2.11. The van der Waals surface area contributed by atoms with Gasteiger partial charge in [-0.3, -0.25) is 9.59 Å². The lowest BCUT2D eigenvalue weighted by Gasteiger charge is -2.32. The lowest BCUT2D eigenvalue weighted by molar-refractivity contribution is 0.101. The summed E-state index contributed by atoms with van der Waals surface area (Å²) in [5, 5.41) is 0. The Labute approximate surface area is 168 Å². The lowest BCUT2D eigenvalue weighted by Crippen LogP contribution is -2.40. The van der Waals surface area contributed by atoms with Crippen LogP contribution in [0.25, 0.3) is 0 Å². The maximum absolute atomic E-state index is 10.8. The van der Waals surface area contributed by atoms with Crippen LogP contribution in [0.5, 0.6) is 0 Å². The quantitative estimate of drug-likeness (QED) is 0.518. The lowest BCUT2D eigenvalue weighted by atomic mass is 10.1. The fraction of sp³-hybridized carbons (Fsp3) is 0.652. The Morgan fingerprint density at radius 3 is 1.67 bits per heavy atom. The van der Waals surface area contributed by atoms with Crippen LogP contribution < -0.4 is 0 Å². The normalized spacial score (nSPS) is 13.3. The first kappa shape index (κ1) is 30.2. The smallest absolute Gasteiger partial charge is 0.159 e. The summed E-state index contributed by atoms with van der Waals surface area (Å²) < 4.78 is 0. The number of hydrogen-bond donors (Lipinski definition) is 0.